The Kier molecular flexibility index (Phi) is 7.51. The van der Waals surface area contributed by atoms with Gasteiger partial charge in [-0.25, -0.2) is 0 Å². The number of benzene rings is 1. The van der Waals surface area contributed by atoms with Crippen LogP contribution in [0.5, 0.6) is 5.75 Å². The minimum Gasteiger partial charge on any atom is -0.494 e. The molecule has 1 saturated heterocycles. The van der Waals surface area contributed by atoms with Gasteiger partial charge in [0.2, 0.25) is 5.91 Å². The van der Waals surface area contributed by atoms with E-state index >= 15 is 0 Å². The van der Waals surface area contributed by atoms with Crippen molar-refractivity contribution in [3.63, 3.8) is 0 Å². The molecule has 6 nitrogen and oxygen atoms in total. The number of nitrogens with zero attached hydrogens (tertiary/aromatic N) is 1. The van der Waals surface area contributed by atoms with Gasteiger partial charge in [0.15, 0.2) is 0 Å². The summed E-state index contributed by atoms with van der Waals surface area (Å²) < 4.78 is 17.0. The second-order valence-electron chi connectivity index (χ2n) is 6.96. The lowest BCUT2D eigenvalue weighted by atomic mass is 10.1. The van der Waals surface area contributed by atoms with Crippen molar-refractivity contribution in [2.45, 2.75) is 32.7 Å². The summed E-state index contributed by atoms with van der Waals surface area (Å²) in [4.78, 5) is 14.8. The van der Waals surface area contributed by atoms with Gasteiger partial charge in [-0.2, -0.15) is 0 Å². The topological polar surface area (TPSA) is 63.9 Å². The van der Waals surface area contributed by atoms with E-state index in [1.165, 1.54) is 0 Å². The molecule has 1 N–H and O–H groups in total. The van der Waals surface area contributed by atoms with Crippen LogP contribution in [-0.4, -0.2) is 50.3 Å². The first kappa shape index (κ1) is 20.4. The van der Waals surface area contributed by atoms with E-state index in [-0.39, 0.29) is 11.9 Å². The molecule has 152 valence electrons. The molecule has 2 heterocycles. The summed E-state index contributed by atoms with van der Waals surface area (Å²) in [6.07, 6.45) is 1.08. The number of furan rings is 1. The molecule has 1 aromatic heterocycles. The molecule has 1 aromatic carbocycles. The number of aryl methyl sites for hydroxylation is 2. The van der Waals surface area contributed by atoms with E-state index < -0.39 is 0 Å². The minimum atomic E-state index is 0.0252. The van der Waals surface area contributed by atoms with Gasteiger partial charge in [0, 0.05) is 26.1 Å². The van der Waals surface area contributed by atoms with Gasteiger partial charge in [0.1, 0.15) is 17.3 Å². The van der Waals surface area contributed by atoms with Gasteiger partial charge in [-0.05, 0) is 44.0 Å². The number of para-hydroxylation sites is 1. The van der Waals surface area contributed by atoms with Crippen molar-refractivity contribution in [1.82, 2.24) is 10.2 Å². The van der Waals surface area contributed by atoms with E-state index in [1.807, 2.05) is 50.2 Å². The van der Waals surface area contributed by atoms with E-state index in [1.54, 1.807) is 0 Å². The number of hydrogen-bond donors (Lipinski definition) is 1. The SMILES string of the molecule is CCOc1ccccc1CCC(=O)NCC(c1ccc(C)o1)N1CCOCC1. The number of hydrogen-bond acceptors (Lipinski definition) is 5. The lowest BCUT2D eigenvalue weighted by Crippen LogP contribution is -2.43. The Labute approximate surface area is 166 Å². The van der Waals surface area contributed by atoms with Gasteiger partial charge >= 0.3 is 0 Å². The van der Waals surface area contributed by atoms with Crippen LogP contribution in [0.1, 0.15) is 36.5 Å². The molecular formula is C22H30N2O4. The first-order chi connectivity index (χ1) is 13.7. The number of rotatable bonds is 9. The van der Waals surface area contributed by atoms with E-state index in [9.17, 15) is 4.79 Å². The molecular weight excluding hydrogens is 356 g/mol. The molecule has 0 aliphatic carbocycles. The van der Waals surface area contributed by atoms with Crippen molar-refractivity contribution < 1.29 is 18.7 Å². The fourth-order valence-electron chi connectivity index (χ4n) is 3.49. The summed E-state index contributed by atoms with van der Waals surface area (Å²) in [5.74, 6) is 2.66. The highest BCUT2D eigenvalue weighted by Crippen LogP contribution is 2.24. The van der Waals surface area contributed by atoms with Crippen LogP contribution in [0.2, 0.25) is 0 Å². The van der Waals surface area contributed by atoms with E-state index in [0.717, 1.165) is 35.9 Å². The van der Waals surface area contributed by atoms with Crippen molar-refractivity contribution in [3.05, 3.63) is 53.5 Å². The van der Waals surface area contributed by atoms with Gasteiger partial charge in [0.05, 0.1) is 25.9 Å². The van der Waals surface area contributed by atoms with Crippen LogP contribution in [-0.2, 0) is 16.0 Å². The van der Waals surface area contributed by atoms with Crippen LogP contribution in [0.4, 0.5) is 0 Å². The van der Waals surface area contributed by atoms with Gasteiger partial charge in [-0.15, -0.1) is 0 Å². The number of ether oxygens (including phenoxy) is 2. The van der Waals surface area contributed by atoms with Crippen LogP contribution in [0.15, 0.2) is 40.8 Å². The van der Waals surface area contributed by atoms with Crippen LogP contribution in [0.25, 0.3) is 0 Å². The molecule has 1 unspecified atom stereocenters. The number of carbonyl (C=O) groups excluding carboxylic acids is 1. The summed E-state index contributed by atoms with van der Waals surface area (Å²) in [7, 11) is 0. The van der Waals surface area contributed by atoms with Crippen molar-refractivity contribution in [1.29, 1.82) is 0 Å². The normalized spacial score (nSPS) is 15.9. The van der Waals surface area contributed by atoms with E-state index in [2.05, 4.69) is 10.2 Å². The number of carbonyl (C=O) groups is 1. The molecule has 0 radical (unpaired) electrons. The van der Waals surface area contributed by atoms with E-state index in [0.29, 0.717) is 39.2 Å². The zero-order chi connectivity index (χ0) is 19.8. The second kappa shape index (κ2) is 10.3. The lowest BCUT2D eigenvalue weighted by Gasteiger charge is -2.33. The predicted octanol–water partition coefficient (Wildman–Crippen LogP) is 3.11. The van der Waals surface area contributed by atoms with Crippen molar-refractivity contribution in [3.8, 4) is 5.75 Å². The summed E-state index contributed by atoms with van der Waals surface area (Å²) >= 11 is 0. The van der Waals surface area contributed by atoms with Crippen LogP contribution in [0.3, 0.4) is 0 Å². The Bertz CT molecular complexity index is 752. The quantitative estimate of drug-likeness (QED) is 0.717. The summed E-state index contributed by atoms with van der Waals surface area (Å²) in [5.41, 5.74) is 1.06. The maximum atomic E-state index is 12.5. The summed E-state index contributed by atoms with van der Waals surface area (Å²) in [5, 5.41) is 3.09. The van der Waals surface area contributed by atoms with Crippen LogP contribution >= 0.6 is 0 Å². The lowest BCUT2D eigenvalue weighted by molar-refractivity contribution is -0.121. The third-order valence-corrected chi connectivity index (χ3v) is 4.96. The highest BCUT2D eigenvalue weighted by Gasteiger charge is 2.25. The van der Waals surface area contributed by atoms with E-state index in [4.69, 9.17) is 13.9 Å². The van der Waals surface area contributed by atoms with Crippen LogP contribution in [0, 0.1) is 6.92 Å². The maximum Gasteiger partial charge on any atom is 0.220 e. The Morgan fingerprint density at radius 1 is 1.21 bits per heavy atom. The largest absolute Gasteiger partial charge is 0.494 e. The zero-order valence-corrected chi connectivity index (χ0v) is 16.8. The molecule has 1 fully saturated rings. The molecule has 3 rings (SSSR count). The van der Waals surface area contributed by atoms with Crippen molar-refractivity contribution in [2.75, 3.05) is 39.5 Å². The molecule has 0 saturated carbocycles. The molecule has 2 aromatic rings. The highest BCUT2D eigenvalue weighted by molar-refractivity contribution is 5.76. The third kappa shape index (κ3) is 5.59. The predicted molar refractivity (Wildman–Crippen MR) is 108 cm³/mol. The fourth-order valence-corrected chi connectivity index (χ4v) is 3.49. The molecule has 28 heavy (non-hydrogen) atoms. The molecule has 1 aliphatic heterocycles. The monoisotopic (exact) mass is 386 g/mol. The summed E-state index contributed by atoms with van der Waals surface area (Å²) in [6, 6.07) is 11.9. The number of nitrogens with one attached hydrogen (secondary N) is 1. The Hall–Kier alpha value is -2.31. The minimum absolute atomic E-state index is 0.0252. The molecule has 1 aliphatic rings. The number of amides is 1. The molecule has 0 spiro atoms. The first-order valence-electron chi connectivity index (χ1n) is 10.0. The van der Waals surface area contributed by atoms with Gasteiger partial charge in [-0.1, -0.05) is 18.2 Å². The Morgan fingerprint density at radius 2 is 2.00 bits per heavy atom. The van der Waals surface area contributed by atoms with Gasteiger partial charge < -0.3 is 19.2 Å². The Morgan fingerprint density at radius 3 is 2.71 bits per heavy atom. The van der Waals surface area contributed by atoms with Crippen molar-refractivity contribution in [2.24, 2.45) is 0 Å². The van der Waals surface area contributed by atoms with Crippen molar-refractivity contribution >= 4 is 5.91 Å². The summed E-state index contributed by atoms with van der Waals surface area (Å²) in [6.45, 7) is 8.13. The fraction of sp³-hybridized carbons (Fsp3) is 0.500. The maximum absolute atomic E-state index is 12.5. The smallest absolute Gasteiger partial charge is 0.220 e. The standard InChI is InChI=1S/C22H30N2O4/c1-3-27-20-7-5-4-6-18(20)9-11-22(25)23-16-19(21-10-8-17(2)28-21)24-12-14-26-15-13-24/h4-8,10,19H,3,9,11-16H2,1-2H3,(H,23,25). The average Bonchev–Trinajstić information content (AvgIpc) is 3.14. The zero-order valence-electron chi connectivity index (χ0n) is 16.8. The molecule has 1 amide bonds. The van der Waals surface area contributed by atoms with Gasteiger partial charge in [0.25, 0.3) is 0 Å². The molecule has 1 atom stereocenters. The number of morpholine rings is 1. The highest BCUT2D eigenvalue weighted by atomic mass is 16.5. The first-order valence-corrected chi connectivity index (χ1v) is 10.0. The molecule has 0 bridgehead atoms. The average molecular weight is 386 g/mol. The van der Waals surface area contributed by atoms with Crippen LogP contribution < -0.4 is 10.1 Å². The Balaban J connectivity index is 1.56. The van der Waals surface area contributed by atoms with Gasteiger partial charge in [-0.3, -0.25) is 9.69 Å². The molecule has 6 heteroatoms. The second-order valence-corrected chi connectivity index (χ2v) is 6.96. The third-order valence-electron chi connectivity index (χ3n) is 4.96.